The third kappa shape index (κ3) is 2.49. The zero-order valence-electron chi connectivity index (χ0n) is 16.6. The fraction of sp³-hybridized carbons (Fsp3) is 1.00. The molecule has 5 rings (SSSR count). The molecule has 4 aliphatic carbocycles. The number of nitrogens with zero attached hydrogens (tertiary/aromatic N) is 1. The first-order chi connectivity index (χ1) is 12.1. The van der Waals surface area contributed by atoms with Gasteiger partial charge >= 0.3 is 0 Å². The van der Waals surface area contributed by atoms with Crippen molar-refractivity contribution >= 4 is 0 Å². The smallest absolute Gasteiger partial charge is 0.0594 e. The predicted molar refractivity (Wildman–Crippen MR) is 103 cm³/mol. The number of ether oxygens (including phenoxy) is 1. The first-order valence-electron chi connectivity index (χ1n) is 11.4. The van der Waals surface area contributed by atoms with Crippen LogP contribution in [0, 0.1) is 34.5 Å². The van der Waals surface area contributed by atoms with Gasteiger partial charge in [0.15, 0.2) is 0 Å². The van der Waals surface area contributed by atoms with Crippen LogP contribution in [-0.2, 0) is 4.74 Å². The number of fused-ring (bicyclic) bond motifs is 5. The minimum absolute atomic E-state index is 0.594. The summed E-state index contributed by atoms with van der Waals surface area (Å²) in [6, 6.07) is 0.847. The Hall–Kier alpha value is -0.0800. The highest BCUT2D eigenvalue weighted by Crippen LogP contribution is 2.66. The average Bonchev–Trinajstić information content (AvgIpc) is 2.99. The standard InChI is InChI=1S/C23H39NO/c1-22-11-4-3-5-17(22)6-7-18-19-8-9-21(24-13-15-25-16-14-24)23(19,2)12-10-20(18)22/h17-21H,3-16H2,1-2H3/t17?,18-,19-,20+,21?,22-,23-/m0/s1. The molecule has 1 aliphatic heterocycles. The summed E-state index contributed by atoms with van der Waals surface area (Å²) in [6.07, 6.45) is 15.2. The van der Waals surface area contributed by atoms with Crippen molar-refractivity contribution in [1.29, 1.82) is 0 Å². The maximum atomic E-state index is 5.64. The summed E-state index contributed by atoms with van der Waals surface area (Å²) < 4.78 is 5.64. The molecule has 2 heteroatoms. The lowest BCUT2D eigenvalue weighted by molar-refractivity contribution is -0.118. The van der Waals surface area contributed by atoms with Crippen molar-refractivity contribution < 1.29 is 4.74 Å². The van der Waals surface area contributed by atoms with Crippen LogP contribution >= 0.6 is 0 Å². The van der Waals surface area contributed by atoms with Crippen molar-refractivity contribution in [3.8, 4) is 0 Å². The SMILES string of the molecule is C[C@]12CCCCC1CC[C@@H]1[C@H]2CC[C@]2(C)C(N3CCOCC3)CC[C@@H]12. The van der Waals surface area contributed by atoms with E-state index in [4.69, 9.17) is 4.74 Å². The van der Waals surface area contributed by atoms with Gasteiger partial charge in [-0.05, 0) is 85.9 Å². The average molecular weight is 346 g/mol. The summed E-state index contributed by atoms with van der Waals surface area (Å²) in [5, 5.41) is 0. The molecule has 5 fully saturated rings. The molecule has 1 saturated heterocycles. The molecule has 5 aliphatic rings. The van der Waals surface area contributed by atoms with Crippen LogP contribution in [0.1, 0.15) is 78.1 Å². The molecule has 25 heavy (non-hydrogen) atoms. The summed E-state index contributed by atoms with van der Waals surface area (Å²) in [4.78, 5) is 2.82. The molecular formula is C23H39NO. The highest BCUT2D eigenvalue weighted by molar-refractivity contribution is 5.10. The molecule has 0 amide bonds. The van der Waals surface area contributed by atoms with Crippen LogP contribution in [0.25, 0.3) is 0 Å². The Bertz CT molecular complexity index is 500. The summed E-state index contributed by atoms with van der Waals surface area (Å²) in [6.45, 7) is 9.69. The van der Waals surface area contributed by atoms with Crippen LogP contribution in [0.15, 0.2) is 0 Å². The van der Waals surface area contributed by atoms with E-state index >= 15 is 0 Å². The normalized spacial score (nSPS) is 53.8. The lowest BCUT2D eigenvalue weighted by atomic mass is 9.45. The van der Waals surface area contributed by atoms with Gasteiger partial charge in [-0.1, -0.05) is 26.7 Å². The Kier molecular flexibility index (Phi) is 4.25. The fourth-order valence-electron chi connectivity index (χ4n) is 8.76. The predicted octanol–water partition coefficient (Wildman–Crippen LogP) is 5.12. The van der Waals surface area contributed by atoms with Crippen molar-refractivity contribution in [2.45, 2.75) is 84.1 Å². The van der Waals surface area contributed by atoms with E-state index in [-0.39, 0.29) is 0 Å². The second-order valence-corrected chi connectivity index (χ2v) is 10.7. The number of hydrogen-bond donors (Lipinski definition) is 0. The van der Waals surface area contributed by atoms with Gasteiger partial charge in [0.1, 0.15) is 0 Å². The van der Waals surface area contributed by atoms with Crippen molar-refractivity contribution in [3.63, 3.8) is 0 Å². The fourth-order valence-corrected chi connectivity index (χ4v) is 8.76. The Morgan fingerprint density at radius 1 is 0.760 bits per heavy atom. The molecule has 4 saturated carbocycles. The molecule has 0 N–H and O–H groups in total. The molecule has 0 spiro atoms. The van der Waals surface area contributed by atoms with Crippen molar-refractivity contribution in [3.05, 3.63) is 0 Å². The zero-order valence-corrected chi connectivity index (χ0v) is 16.6. The summed E-state index contributed by atoms with van der Waals surface area (Å²) in [5.41, 5.74) is 1.29. The zero-order chi connectivity index (χ0) is 17.1. The molecule has 0 aromatic heterocycles. The van der Waals surface area contributed by atoms with Crippen LogP contribution in [0.3, 0.4) is 0 Å². The minimum Gasteiger partial charge on any atom is -0.379 e. The molecule has 1 heterocycles. The van der Waals surface area contributed by atoms with Crippen molar-refractivity contribution in [2.24, 2.45) is 34.5 Å². The molecule has 2 nitrogen and oxygen atoms in total. The van der Waals surface area contributed by atoms with Crippen LogP contribution in [0.2, 0.25) is 0 Å². The Morgan fingerprint density at radius 3 is 2.40 bits per heavy atom. The second kappa shape index (κ2) is 6.23. The van der Waals surface area contributed by atoms with Gasteiger partial charge in [0.25, 0.3) is 0 Å². The largest absolute Gasteiger partial charge is 0.379 e. The van der Waals surface area contributed by atoms with E-state index in [0.717, 1.165) is 42.9 Å². The van der Waals surface area contributed by atoms with Gasteiger partial charge in [0.05, 0.1) is 13.2 Å². The number of morpholine rings is 1. The maximum absolute atomic E-state index is 5.64. The van der Waals surface area contributed by atoms with Gasteiger partial charge in [-0.2, -0.15) is 0 Å². The minimum atomic E-state index is 0.594. The highest BCUT2D eigenvalue weighted by atomic mass is 16.5. The van der Waals surface area contributed by atoms with Gasteiger partial charge < -0.3 is 4.74 Å². The summed E-state index contributed by atoms with van der Waals surface area (Å²) >= 11 is 0. The first kappa shape index (κ1) is 17.0. The van der Waals surface area contributed by atoms with Gasteiger partial charge in [0.2, 0.25) is 0 Å². The van der Waals surface area contributed by atoms with Gasteiger partial charge in [-0.3, -0.25) is 4.90 Å². The Labute approximate surface area is 155 Å². The van der Waals surface area contributed by atoms with E-state index < -0.39 is 0 Å². The maximum Gasteiger partial charge on any atom is 0.0594 e. The van der Waals surface area contributed by atoms with Crippen molar-refractivity contribution in [2.75, 3.05) is 26.3 Å². The Morgan fingerprint density at radius 2 is 1.56 bits per heavy atom. The van der Waals surface area contributed by atoms with Crippen LogP contribution in [0.5, 0.6) is 0 Å². The van der Waals surface area contributed by atoms with E-state index in [1.165, 1.54) is 64.5 Å². The first-order valence-corrected chi connectivity index (χ1v) is 11.4. The monoisotopic (exact) mass is 345 g/mol. The quantitative estimate of drug-likeness (QED) is 0.654. The lowest BCUT2D eigenvalue weighted by Gasteiger charge is -2.61. The van der Waals surface area contributed by atoms with Crippen LogP contribution < -0.4 is 0 Å². The molecule has 2 unspecified atom stereocenters. The summed E-state index contributed by atoms with van der Waals surface area (Å²) in [5.74, 6) is 4.17. The molecule has 0 aromatic rings. The number of hydrogen-bond acceptors (Lipinski definition) is 2. The molecule has 0 aromatic carbocycles. The molecular weight excluding hydrogens is 306 g/mol. The Balaban J connectivity index is 1.39. The van der Waals surface area contributed by atoms with E-state index in [9.17, 15) is 0 Å². The third-order valence-corrected chi connectivity index (χ3v) is 10.0. The van der Waals surface area contributed by atoms with Crippen LogP contribution in [-0.4, -0.2) is 37.2 Å². The molecule has 7 atom stereocenters. The van der Waals surface area contributed by atoms with Gasteiger partial charge in [-0.25, -0.2) is 0 Å². The van der Waals surface area contributed by atoms with E-state index in [0.29, 0.717) is 10.8 Å². The van der Waals surface area contributed by atoms with Gasteiger partial charge in [-0.15, -0.1) is 0 Å². The topological polar surface area (TPSA) is 12.5 Å². The second-order valence-electron chi connectivity index (χ2n) is 10.7. The summed E-state index contributed by atoms with van der Waals surface area (Å²) in [7, 11) is 0. The van der Waals surface area contributed by atoms with Crippen LogP contribution in [0.4, 0.5) is 0 Å². The van der Waals surface area contributed by atoms with Gasteiger partial charge in [0, 0.05) is 19.1 Å². The highest BCUT2D eigenvalue weighted by Gasteiger charge is 2.60. The lowest BCUT2D eigenvalue weighted by Crippen LogP contribution is -2.56. The number of rotatable bonds is 1. The molecule has 142 valence electrons. The van der Waals surface area contributed by atoms with E-state index in [2.05, 4.69) is 18.7 Å². The molecule has 0 radical (unpaired) electrons. The third-order valence-electron chi connectivity index (χ3n) is 10.0. The van der Waals surface area contributed by atoms with E-state index in [1.807, 2.05) is 0 Å². The molecule has 0 bridgehead atoms. The van der Waals surface area contributed by atoms with Crippen molar-refractivity contribution in [1.82, 2.24) is 4.90 Å². The van der Waals surface area contributed by atoms with E-state index in [1.54, 1.807) is 12.8 Å².